The topological polar surface area (TPSA) is 64.8 Å². The van der Waals surface area contributed by atoms with Crippen LogP contribution in [0.15, 0.2) is 29.4 Å². The van der Waals surface area contributed by atoms with Crippen LogP contribution in [0.25, 0.3) is 5.69 Å². The quantitative estimate of drug-likeness (QED) is 0.817. The van der Waals surface area contributed by atoms with E-state index in [1.165, 1.54) is 4.68 Å². The van der Waals surface area contributed by atoms with E-state index in [-0.39, 0.29) is 10.0 Å². The first-order chi connectivity index (χ1) is 8.45. The lowest BCUT2D eigenvalue weighted by molar-refractivity contribution is 0.608. The van der Waals surface area contributed by atoms with Crippen molar-refractivity contribution < 1.29 is 8.42 Å². The number of halogens is 2. The van der Waals surface area contributed by atoms with Crippen molar-refractivity contribution in [2.75, 3.05) is 0 Å². The Hall–Kier alpha value is -1.11. The molecule has 0 N–H and O–H groups in total. The summed E-state index contributed by atoms with van der Waals surface area (Å²) in [5.74, 6) is 0. The van der Waals surface area contributed by atoms with Crippen molar-refractivity contribution in [1.29, 1.82) is 0 Å². The summed E-state index contributed by atoms with van der Waals surface area (Å²) in [6.07, 6.45) is 3.54. The SMILES string of the molecule is CCc1nn(-c2ccncc2)c(Cl)c1S(=O)(=O)Cl. The van der Waals surface area contributed by atoms with Gasteiger partial charge in [0.05, 0.1) is 11.4 Å². The van der Waals surface area contributed by atoms with Gasteiger partial charge in [0.1, 0.15) is 4.90 Å². The molecule has 0 aromatic carbocycles. The molecule has 0 atom stereocenters. The molecular formula is C10H9Cl2N3O2S. The summed E-state index contributed by atoms with van der Waals surface area (Å²) in [7, 11) is 1.45. The monoisotopic (exact) mass is 305 g/mol. The third-order valence-electron chi connectivity index (χ3n) is 2.34. The average Bonchev–Trinajstić information content (AvgIpc) is 2.67. The van der Waals surface area contributed by atoms with Crippen molar-refractivity contribution in [3.05, 3.63) is 35.4 Å². The van der Waals surface area contributed by atoms with Crippen LogP contribution in [0.2, 0.25) is 5.15 Å². The largest absolute Gasteiger partial charge is 0.266 e. The van der Waals surface area contributed by atoms with E-state index in [1.807, 2.05) is 0 Å². The Balaban J connectivity index is 2.70. The van der Waals surface area contributed by atoms with Gasteiger partial charge in [0.15, 0.2) is 5.15 Å². The summed E-state index contributed by atoms with van der Waals surface area (Å²) in [5.41, 5.74) is 0.961. The van der Waals surface area contributed by atoms with Gasteiger partial charge in [-0.3, -0.25) is 4.98 Å². The molecule has 0 saturated heterocycles. The summed E-state index contributed by atoms with van der Waals surface area (Å²) in [5, 5.41) is 4.14. The second-order valence-electron chi connectivity index (χ2n) is 3.48. The summed E-state index contributed by atoms with van der Waals surface area (Å²) in [6.45, 7) is 1.78. The molecule has 0 amide bonds. The normalized spacial score (nSPS) is 11.7. The van der Waals surface area contributed by atoms with E-state index in [9.17, 15) is 8.42 Å². The Morgan fingerprint density at radius 1 is 1.33 bits per heavy atom. The van der Waals surface area contributed by atoms with Crippen molar-refractivity contribution >= 4 is 31.3 Å². The van der Waals surface area contributed by atoms with E-state index in [4.69, 9.17) is 22.3 Å². The van der Waals surface area contributed by atoms with Crippen LogP contribution >= 0.6 is 22.3 Å². The molecule has 2 aromatic heterocycles. The summed E-state index contributed by atoms with van der Waals surface area (Å²) < 4.78 is 24.3. The van der Waals surface area contributed by atoms with Crippen LogP contribution in [0, 0.1) is 0 Å². The second kappa shape index (κ2) is 4.87. The lowest BCUT2D eigenvalue weighted by atomic mass is 10.3. The molecule has 96 valence electrons. The fourth-order valence-electron chi connectivity index (χ4n) is 1.55. The average molecular weight is 306 g/mol. The number of hydrogen-bond donors (Lipinski definition) is 0. The maximum absolute atomic E-state index is 11.5. The molecule has 0 unspecified atom stereocenters. The molecule has 0 spiro atoms. The zero-order chi connectivity index (χ0) is 13.3. The first-order valence-corrected chi connectivity index (χ1v) is 7.76. The molecule has 2 aromatic rings. The van der Waals surface area contributed by atoms with E-state index in [1.54, 1.807) is 31.5 Å². The molecule has 0 fully saturated rings. The van der Waals surface area contributed by atoms with E-state index < -0.39 is 9.05 Å². The summed E-state index contributed by atoms with van der Waals surface area (Å²) in [6, 6.07) is 3.34. The standard InChI is InChI=1S/C10H9Cl2N3O2S/c1-2-8-9(18(12,16)17)10(11)15(14-8)7-3-5-13-6-4-7/h3-6H,2H2,1H3. The van der Waals surface area contributed by atoms with Gasteiger partial charge in [-0.25, -0.2) is 13.1 Å². The van der Waals surface area contributed by atoms with Crippen LogP contribution in [0.4, 0.5) is 0 Å². The highest BCUT2D eigenvalue weighted by Gasteiger charge is 2.25. The van der Waals surface area contributed by atoms with Gasteiger partial charge >= 0.3 is 0 Å². The molecule has 0 aliphatic carbocycles. The molecular weight excluding hydrogens is 297 g/mol. The smallest absolute Gasteiger partial charge is 0.265 e. The van der Waals surface area contributed by atoms with E-state index in [0.29, 0.717) is 17.8 Å². The molecule has 0 radical (unpaired) electrons. The Morgan fingerprint density at radius 3 is 2.39 bits per heavy atom. The van der Waals surface area contributed by atoms with E-state index >= 15 is 0 Å². The number of nitrogens with zero attached hydrogens (tertiary/aromatic N) is 3. The Morgan fingerprint density at radius 2 is 1.94 bits per heavy atom. The van der Waals surface area contributed by atoms with Crippen LogP contribution in [0.3, 0.4) is 0 Å². The number of pyridine rings is 1. The summed E-state index contributed by atoms with van der Waals surface area (Å²) in [4.78, 5) is 3.74. The Kier molecular flexibility index (Phi) is 3.61. The van der Waals surface area contributed by atoms with Crippen LogP contribution in [0.5, 0.6) is 0 Å². The van der Waals surface area contributed by atoms with Crippen molar-refractivity contribution in [1.82, 2.24) is 14.8 Å². The number of aromatic nitrogens is 3. The molecule has 2 rings (SSSR count). The van der Waals surface area contributed by atoms with E-state index in [0.717, 1.165) is 0 Å². The zero-order valence-corrected chi connectivity index (χ0v) is 11.7. The van der Waals surface area contributed by atoms with Gasteiger partial charge in [-0.2, -0.15) is 5.10 Å². The highest BCUT2D eigenvalue weighted by atomic mass is 35.7. The fraction of sp³-hybridized carbons (Fsp3) is 0.200. The second-order valence-corrected chi connectivity index (χ2v) is 6.34. The highest BCUT2D eigenvalue weighted by molar-refractivity contribution is 8.13. The number of aryl methyl sites for hydroxylation is 1. The molecule has 0 aliphatic heterocycles. The van der Waals surface area contributed by atoms with Crippen molar-refractivity contribution in [2.24, 2.45) is 0 Å². The highest BCUT2D eigenvalue weighted by Crippen LogP contribution is 2.30. The van der Waals surface area contributed by atoms with Crippen LogP contribution in [-0.4, -0.2) is 23.2 Å². The number of rotatable bonds is 3. The minimum absolute atomic E-state index is 0.0203. The minimum Gasteiger partial charge on any atom is -0.265 e. The third-order valence-corrected chi connectivity index (χ3v) is 4.18. The number of hydrogen-bond acceptors (Lipinski definition) is 4. The van der Waals surface area contributed by atoms with Gasteiger partial charge in [0.2, 0.25) is 0 Å². The van der Waals surface area contributed by atoms with Crippen LogP contribution in [-0.2, 0) is 15.5 Å². The fourth-order valence-corrected chi connectivity index (χ4v) is 3.46. The Labute approximate surface area is 114 Å². The predicted molar refractivity (Wildman–Crippen MR) is 68.8 cm³/mol. The first-order valence-electron chi connectivity index (χ1n) is 5.07. The summed E-state index contributed by atoms with van der Waals surface area (Å²) >= 11 is 6.04. The lowest BCUT2D eigenvalue weighted by Gasteiger charge is -2.01. The van der Waals surface area contributed by atoms with Gasteiger partial charge in [-0.1, -0.05) is 18.5 Å². The van der Waals surface area contributed by atoms with Gasteiger partial charge in [-0.05, 0) is 18.6 Å². The minimum atomic E-state index is -3.92. The molecule has 5 nitrogen and oxygen atoms in total. The maximum Gasteiger partial charge on any atom is 0.266 e. The molecule has 0 bridgehead atoms. The first kappa shape index (κ1) is 13.3. The molecule has 0 saturated carbocycles. The van der Waals surface area contributed by atoms with Crippen molar-refractivity contribution in [3.8, 4) is 5.69 Å². The third kappa shape index (κ3) is 2.36. The molecule has 2 heterocycles. The van der Waals surface area contributed by atoms with E-state index in [2.05, 4.69) is 10.1 Å². The van der Waals surface area contributed by atoms with Crippen molar-refractivity contribution in [3.63, 3.8) is 0 Å². The van der Waals surface area contributed by atoms with Gasteiger partial charge < -0.3 is 0 Å². The molecule has 18 heavy (non-hydrogen) atoms. The lowest BCUT2D eigenvalue weighted by Crippen LogP contribution is -1.97. The Bertz CT molecular complexity index is 668. The predicted octanol–water partition coefficient (Wildman–Crippen LogP) is 2.41. The van der Waals surface area contributed by atoms with Gasteiger partial charge in [-0.15, -0.1) is 0 Å². The van der Waals surface area contributed by atoms with Gasteiger partial charge in [0.25, 0.3) is 9.05 Å². The molecule has 8 heteroatoms. The van der Waals surface area contributed by atoms with Crippen LogP contribution in [0.1, 0.15) is 12.6 Å². The van der Waals surface area contributed by atoms with Crippen LogP contribution < -0.4 is 0 Å². The maximum atomic E-state index is 11.5. The zero-order valence-electron chi connectivity index (χ0n) is 9.34. The van der Waals surface area contributed by atoms with Gasteiger partial charge in [0, 0.05) is 23.1 Å². The van der Waals surface area contributed by atoms with Crippen molar-refractivity contribution in [2.45, 2.75) is 18.2 Å². The molecule has 0 aliphatic rings.